The van der Waals surface area contributed by atoms with Crippen molar-refractivity contribution in [2.24, 2.45) is 11.1 Å². The molecule has 3 N–H and O–H groups in total. The summed E-state index contributed by atoms with van der Waals surface area (Å²) < 4.78 is 2.13. The van der Waals surface area contributed by atoms with E-state index >= 15 is 0 Å². The van der Waals surface area contributed by atoms with Crippen LogP contribution < -0.4 is 10.6 Å². The summed E-state index contributed by atoms with van der Waals surface area (Å²) in [6.45, 7) is 1.87. The largest absolute Gasteiger partial charge is 0.345 e. The van der Waals surface area contributed by atoms with Crippen molar-refractivity contribution in [1.29, 1.82) is 0 Å². The summed E-state index contributed by atoms with van der Waals surface area (Å²) in [5, 5.41) is 1.04. The predicted molar refractivity (Wildman–Crippen MR) is 129 cm³/mol. The maximum atomic E-state index is 6.79. The normalized spacial score (nSPS) is 19.5. The minimum Gasteiger partial charge on any atom is -0.345 e. The van der Waals surface area contributed by atoms with Crippen LogP contribution in [0.3, 0.4) is 0 Å². The van der Waals surface area contributed by atoms with Crippen LogP contribution in [0.2, 0.25) is 0 Å². The molecule has 1 fully saturated rings. The number of fused-ring (bicyclic) bond motifs is 4. The van der Waals surface area contributed by atoms with Gasteiger partial charge >= 0.3 is 0 Å². The van der Waals surface area contributed by atoms with Crippen molar-refractivity contribution in [3.05, 3.63) is 78.5 Å². The zero-order valence-corrected chi connectivity index (χ0v) is 18.3. The van der Waals surface area contributed by atoms with Crippen LogP contribution in [0.4, 0.5) is 5.95 Å². The third-order valence-corrected chi connectivity index (χ3v) is 7.78. The quantitative estimate of drug-likeness (QED) is 0.436. The van der Waals surface area contributed by atoms with Crippen LogP contribution >= 0.6 is 0 Å². The lowest BCUT2D eigenvalue weighted by atomic mass is 9.73. The molecular weight excluding hydrogens is 410 g/mol. The van der Waals surface area contributed by atoms with E-state index in [2.05, 4.69) is 43.5 Å². The van der Waals surface area contributed by atoms with Gasteiger partial charge in [0.05, 0.1) is 5.39 Å². The SMILES string of the molecule is N[C@@H]1c2ccccc2CC12CCN(c1nc3[nH]cc(-c4ccncc4)c3c3nccn13)CC2. The monoisotopic (exact) mass is 435 g/mol. The maximum Gasteiger partial charge on any atom is 0.213 e. The summed E-state index contributed by atoms with van der Waals surface area (Å²) in [7, 11) is 0. The minimum atomic E-state index is 0.117. The van der Waals surface area contributed by atoms with Crippen LogP contribution in [-0.2, 0) is 6.42 Å². The number of rotatable bonds is 2. The van der Waals surface area contributed by atoms with E-state index in [-0.39, 0.29) is 11.5 Å². The standard InChI is InChI=1S/C26H25N7/c27-22-19-4-2-1-3-18(19)15-26(22)7-12-32(13-8-26)25-31-23-21(24-29-11-14-33(24)25)20(16-30-23)17-5-9-28-10-6-17/h1-6,9-11,14,16,22,30H,7-8,12-13,15,27H2/t22-/m1/s1. The Hall–Kier alpha value is -3.71. The number of piperidine rings is 1. The van der Waals surface area contributed by atoms with E-state index in [0.29, 0.717) is 0 Å². The molecular formula is C26H25N7. The van der Waals surface area contributed by atoms with Gasteiger partial charge in [0.25, 0.3) is 0 Å². The van der Waals surface area contributed by atoms with E-state index in [0.717, 1.165) is 66.1 Å². The van der Waals surface area contributed by atoms with Crippen molar-refractivity contribution in [2.75, 3.05) is 18.0 Å². The molecule has 1 aliphatic heterocycles. The first kappa shape index (κ1) is 18.8. The Morgan fingerprint density at radius 3 is 2.67 bits per heavy atom. The molecule has 33 heavy (non-hydrogen) atoms. The van der Waals surface area contributed by atoms with Crippen LogP contribution in [0.25, 0.3) is 27.8 Å². The molecule has 164 valence electrons. The number of hydrogen-bond acceptors (Lipinski definition) is 5. The molecule has 7 rings (SSSR count). The number of benzene rings is 1. The average Bonchev–Trinajstić information content (AvgIpc) is 3.57. The van der Waals surface area contributed by atoms with Gasteiger partial charge in [-0.2, -0.15) is 4.98 Å². The number of pyridine rings is 1. The Morgan fingerprint density at radius 1 is 1.03 bits per heavy atom. The third-order valence-electron chi connectivity index (χ3n) is 7.78. The van der Waals surface area contributed by atoms with Gasteiger partial charge in [-0.3, -0.25) is 9.38 Å². The highest BCUT2D eigenvalue weighted by Crippen LogP contribution is 2.51. The molecule has 1 saturated heterocycles. The van der Waals surface area contributed by atoms with Gasteiger partial charge in [-0.05, 0) is 53.5 Å². The van der Waals surface area contributed by atoms with Crippen LogP contribution in [0.15, 0.2) is 67.4 Å². The van der Waals surface area contributed by atoms with Crippen LogP contribution in [0.1, 0.15) is 30.0 Å². The molecule has 0 radical (unpaired) electrons. The topological polar surface area (TPSA) is 88.1 Å². The summed E-state index contributed by atoms with van der Waals surface area (Å²) >= 11 is 0. The van der Waals surface area contributed by atoms with E-state index in [9.17, 15) is 0 Å². The van der Waals surface area contributed by atoms with Crippen molar-refractivity contribution in [1.82, 2.24) is 24.3 Å². The van der Waals surface area contributed by atoms with Crippen LogP contribution in [0, 0.1) is 5.41 Å². The van der Waals surface area contributed by atoms with E-state index in [1.807, 2.05) is 43.1 Å². The third kappa shape index (κ3) is 2.69. The molecule has 1 aliphatic carbocycles. The summed E-state index contributed by atoms with van der Waals surface area (Å²) in [5.74, 6) is 0.942. The number of imidazole rings is 1. The molecule has 1 aromatic carbocycles. The lowest BCUT2D eigenvalue weighted by Crippen LogP contribution is -2.45. The van der Waals surface area contributed by atoms with Crippen molar-refractivity contribution < 1.29 is 0 Å². The number of nitrogens with zero attached hydrogens (tertiary/aromatic N) is 5. The van der Waals surface area contributed by atoms with Crippen molar-refractivity contribution >= 4 is 22.6 Å². The fourth-order valence-electron chi connectivity index (χ4n) is 5.97. The minimum absolute atomic E-state index is 0.117. The maximum absolute atomic E-state index is 6.79. The Labute approximate surface area is 191 Å². The Morgan fingerprint density at radius 2 is 1.85 bits per heavy atom. The number of H-pyrrole nitrogens is 1. The van der Waals surface area contributed by atoms with Crippen LogP contribution in [0.5, 0.6) is 0 Å². The molecule has 4 aromatic heterocycles. The van der Waals surface area contributed by atoms with Crippen LogP contribution in [-0.4, -0.2) is 37.4 Å². The molecule has 2 aliphatic rings. The fraction of sp³-hybridized carbons (Fsp3) is 0.269. The zero-order valence-electron chi connectivity index (χ0n) is 18.3. The Bertz CT molecular complexity index is 1470. The number of anilines is 1. The van der Waals surface area contributed by atoms with Crippen molar-refractivity contribution in [2.45, 2.75) is 25.3 Å². The second-order valence-corrected chi connectivity index (χ2v) is 9.40. The number of aromatic amines is 1. The zero-order chi connectivity index (χ0) is 22.0. The number of hydrogen-bond donors (Lipinski definition) is 2. The molecule has 1 atom stereocenters. The first-order chi connectivity index (χ1) is 16.2. The van der Waals surface area contributed by atoms with Crippen molar-refractivity contribution in [3.8, 4) is 11.1 Å². The van der Waals surface area contributed by atoms with Crippen molar-refractivity contribution in [3.63, 3.8) is 0 Å². The van der Waals surface area contributed by atoms with E-state index < -0.39 is 0 Å². The number of aromatic nitrogens is 5. The highest BCUT2D eigenvalue weighted by molar-refractivity contribution is 6.03. The molecule has 1 spiro atoms. The van der Waals surface area contributed by atoms with E-state index in [1.165, 1.54) is 11.1 Å². The first-order valence-electron chi connectivity index (χ1n) is 11.6. The van der Waals surface area contributed by atoms with E-state index in [1.54, 1.807) is 0 Å². The molecule has 7 heteroatoms. The van der Waals surface area contributed by atoms with Gasteiger partial charge in [-0.15, -0.1) is 0 Å². The second kappa shape index (κ2) is 6.89. The molecule has 0 saturated carbocycles. The summed E-state index contributed by atoms with van der Waals surface area (Å²) in [6, 6.07) is 12.8. The highest BCUT2D eigenvalue weighted by atomic mass is 15.3. The average molecular weight is 436 g/mol. The Kier molecular flexibility index (Phi) is 3.93. The highest BCUT2D eigenvalue weighted by Gasteiger charge is 2.46. The molecule has 5 aromatic rings. The van der Waals surface area contributed by atoms with E-state index in [4.69, 9.17) is 15.7 Å². The van der Waals surface area contributed by atoms with Gasteiger partial charge in [0.2, 0.25) is 5.95 Å². The van der Waals surface area contributed by atoms with Gasteiger partial charge in [-0.1, -0.05) is 24.3 Å². The predicted octanol–water partition coefficient (Wildman–Crippen LogP) is 4.12. The van der Waals surface area contributed by atoms with Gasteiger partial charge < -0.3 is 15.6 Å². The smallest absolute Gasteiger partial charge is 0.213 e. The summed E-state index contributed by atoms with van der Waals surface area (Å²) in [4.78, 5) is 19.7. The Balaban J connectivity index is 1.25. The number of nitrogens with two attached hydrogens (primary N) is 1. The number of nitrogens with one attached hydrogen (secondary N) is 1. The van der Waals surface area contributed by atoms with Gasteiger partial charge in [0.15, 0.2) is 5.65 Å². The fourth-order valence-corrected chi connectivity index (χ4v) is 5.97. The lowest BCUT2D eigenvalue weighted by Gasteiger charge is -2.42. The lowest BCUT2D eigenvalue weighted by molar-refractivity contribution is 0.187. The first-order valence-corrected chi connectivity index (χ1v) is 11.6. The molecule has 0 bridgehead atoms. The molecule has 5 heterocycles. The van der Waals surface area contributed by atoms with Gasteiger partial charge in [0.1, 0.15) is 5.65 Å². The second-order valence-electron chi connectivity index (χ2n) is 9.40. The summed E-state index contributed by atoms with van der Waals surface area (Å²) in [5.41, 5.74) is 13.7. The van der Waals surface area contributed by atoms with Gasteiger partial charge in [-0.25, -0.2) is 4.98 Å². The molecule has 0 amide bonds. The molecule has 0 unspecified atom stereocenters. The van der Waals surface area contributed by atoms with Gasteiger partial charge in [0, 0.05) is 55.7 Å². The molecule has 7 nitrogen and oxygen atoms in total. The summed E-state index contributed by atoms with van der Waals surface area (Å²) in [6.07, 6.45) is 12.7.